The first-order valence-electron chi connectivity index (χ1n) is 7.32. The number of ether oxygens (including phenoxy) is 1. The number of aliphatic hydroxyl groups excluding tert-OH is 1. The lowest BCUT2D eigenvalue weighted by atomic mass is 9.93. The molecule has 2 atom stereocenters. The Hall–Kier alpha value is -0.810. The van der Waals surface area contributed by atoms with Crippen LogP contribution in [0.15, 0.2) is 0 Å². The molecule has 1 heterocycles. The van der Waals surface area contributed by atoms with E-state index in [1.54, 1.807) is 0 Å². The maximum absolute atomic E-state index is 12.0. The number of aliphatic hydroxyl groups is 1. The Bertz CT molecular complexity index is 314. The molecule has 3 N–H and O–H groups in total. The third-order valence-electron chi connectivity index (χ3n) is 4.54. The zero-order valence-electron chi connectivity index (χ0n) is 11.9. The summed E-state index contributed by atoms with van der Waals surface area (Å²) in [7, 11) is 0. The van der Waals surface area contributed by atoms with Crippen molar-refractivity contribution in [2.45, 2.75) is 51.1 Å². The van der Waals surface area contributed by atoms with Crippen molar-refractivity contribution in [3.05, 3.63) is 0 Å². The fourth-order valence-corrected chi connectivity index (χ4v) is 2.83. The molecular formula is C14H26N2O3. The third-order valence-corrected chi connectivity index (χ3v) is 4.54. The summed E-state index contributed by atoms with van der Waals surface area (Å²) in [4.78, 5) is 12.0. The molecule has 5 heteroatoms. The van der Waals surface area contributed by atoms with E-state index in [1.165, 1.54) is 0 Å². The predicted octanol–water partition coefficient (Wildman–Crippen LogP) is 1.26. The molecular weight excluding hydrogens is 244 g/mol. The van der Waals surface area contributed by atoms with Crippen molar-refractivity contribution < 1.29 is 14.6 Å². The SMILES string of the molecule is CC(NC(=O)NC(C)(CO)C1CC1)C1CCOCC1. The lowest BCUT2D eigenvalue weighted by Crippen LogP contribution is -2.56. The van der Waals surface area contributed by atoms with Crippen LogP contribution >= 0.6 is 0 Å². The smallest absolute Gasteiger partial charge is 0.315 e. The lowest BCUT2D eigenvalue weighted by Gasteiger charge is -2.32. The Morgan fingerprint density at radius 2 is 2.00 bits per heavy atom. The van der Waals surface area contributed by atoms with E-state index in [2.05, 4.69) is 10.6 Å². The molecule has 0 aromatic carbocycles. The molecule has 0 aromatic rings. The molecule has 2 unspecified atom stereocenters. The molecule has 110 valence electrons. The summed E-state index contributed by atoms with van der Waals surface area (Å²) < 4.78 is 5.33. The zero-order chi connectivity index (χ0) is 13.9. The monoisotopic (exact) mass is 270 g/mol. The molecule has 2 aliphatic rings. The van der Waals surface area contributed by atoms with Crippen molar-refractivity contribution in [2.75, 3.05) is 19.8 Å². The van der Waals surface area contributed by atoms with E-state index in [9.17, 15) is 9.90 Å². The van der Waals surface area contributed by atoms with Gasteiger partial charge in [0.1, 0.15) is 0 Å². The molecule has 19 heavy (non-hydrogen) atoms. The van der Waals surface area contributed by atoms with Gasteiger partial charge in [-0.3, -0.25) is 0 Å². The summed E-state index contributed by atoms with van der Waals surface area (Å²) in [5.74, 6) is 0.905. The number of carbonyl (C=O) groups is 1. The van der Waals surface area contributed by atoms with Crippen LogP contribution in [-0.4, -0.2) is 42.5 Å². The van der Waals surface area contributed by atoms with E-state index < -0.39 is 5.54 Å². The molecule has 2 rings (SSSR count). The van der Waals surface area contributed by atoms with Crippen LogP contribution in [0.2, 0.25) is 0 Å². The van der Waals surface area contributed by atoms with Crippen molar-refractivity contribution in [2.24, 2.45) is 11.8 Å². The van der Waals surface area contributed by atoms with Crippen LogP contribution in [0.3, 0.4) is 0 Å². The first-order valence-corrected chi connectivity index (χ1v) is 7.32. The Kier molecular flexibility index (Phi) is 4.68. The minimum absolute atomic E-state index is 0.00324. The van der Waals surface area contributed by atoms with Gasteiger partial charge < -0.3 is 20.5 Å². The Morgan fingerprint density at radius 1 is 1.37 bits per heavy atom. The average Bonchev–Trinajstić information content (AvgIpc) is 3.24. The molecule has 1 saturated heterocycles. The number of amides is 2. The molecule has 5 nitrogen and oxygen atoms in total. The summed E-state index contributed by atoms with van der Waals surface area (Å²) in [6, 6.07) is -0.0199. The minimum Gasteiger partial charge on any atom is -0.394 e. The summed E-state index contributed by atoms with van der Waals surface area (Å²) in [5.41, 5.74) is -0.473. The second-order valence-electron chi connectivity index (χ2n) is 6.19. The number of urea groups is 1. The zero-order valence-corrected chi connectivity index (χ0v) is 11.9. The quantitative estimate of drug-likeness (QED) is 0.704. The van der Waals surface area contributed by atoms with Crippen LogP contribution in [-0.2, 0) is 4.74 Å². The van der Waals surface area contributed by atoms with Gasteiger partial charge in [0.25, 0.3) is 0 Å². The van der Waals surface area contributed by atoms with E-state index in [0.717, 1.165) is 38.9 Å². The first kappa shape index (κ1) is 14.6. The van der Waals surface area contributed by atoms with Gasteiger partial charge in [-0.15, -0.1) is 0 Å². The van der Waals surface area contributed by atoms with E-state index in [1.807, 2.05) is 13.8 Å². The molecule has 2 amide bonds. The topological polar surface area (TPSA) is 70.6 Å². The Labute approximate surface area is 115 Å². The summed E-state index contributed by atoms with van der Waals surface area (Å²) >= 11 is 0. The van der Waals surface area contributed by atoms with Gasteiger partial charge in [0, 0.05) is 19.3 Å². The number of hydrogen-bond acceptors (Lipinski definition) is 3. The van der Waals surface area contributed by atoms with Crippen molar-refractivity contribution in [3.63, 3.8) is 0 Å². The molecule has 1 aliphatic carbocycles. The lowest BCUT2D eigenvalue weighted by molar-refractivity contribution is 0.0567. The maximum Gasteiger partial charge on any atom is 0.315 e. The van der Waals surface area contributed by atoms with E-state index in [-0.39, 0.29) is 18.7 Å². The molecule has 2 fully saturated rings. The van der Waals surface area contributed by atoms with Crippen LogP contribution in [0.4, 0.5) is 4.79 Å². The number of hydrogen-bond donors (Lipinski definition) is 3. The number of rotatable bonds is 5. The van der Waals surface area contributed by atoms with Crippen molar-refractivity contribution in [1.29, 1.82) is 0 Å². The van der Waals surface area contributed by atoms with Gasteiger partial charge in [0.05, 0.1) is 12.1 Å². The predicted molar refractivity (Wildman–Crippen MR) is 72.9 cm³/mol. The molecule has 0 spiro atoms. The van der Waals surface area contributed by atoms with Crippen LogP contribution in [0.5, 0.6) is 0 Å². The van der Waals surface area contributed by atoms with Gasteiger partial charge in [-0.25, -0.2) is 4.79 Å². The minimum atomic E-state index is -0.473. The average molecular weight is 270 g/mol. The van der Waals surface area contributed by atoms with E-state index >= 15 is 0 Å². The van der Waals surface area contributed by atoms with Crippen LogP contribution in [0, 0.1) is 11.8 Å². The van der Waals surface area contributed by atoms with Gasteiger partial charge >= 0.3 is 6.03 Å². The maximum atomic E-state index is 12.0. The Morgan fingerprint density at radius 3 is 2.53 bits per heavy atom. The second kappa shape index (κ2) is 6.09. The van der Waals surface area contributed by atoms with E-state index in [4.69, 9.17) is 4.74 Å². The normalized spacial score (nSPS) is 25.4. The van der Waals surface area contributed by atoms with Gasteiger partial charge in [-0.05, 0) is 51.4 Å². The highest BCUT2D eigenvalue weighted by Crippen LogP contribution is 2.39. The van der Waals surface area contributed by atoms with Crippen molar-refractivity contribution >= 4 is 6.03 Å². The van der Waals surface area contributed by atoms with Gasteiger partial charge in [0.2, 0.25) is 0 Å². The van der Waals surface area contributed by atoms with Crippen molar-refractivity contribution in [1.82, 2.24) is 10.6 Å². The fourth-order valence-electron chi connectivity index (χ4n) is 2.83. The molecule has 0 bridgehead atoms. The number of carbonyl (C=O) groups excluding carboxylic acids is 1. The van der Waals surface area contributed by atoms with Gasteiger partial charge in [-0.2, -0.15) is 0 Å². The third kappa shape index (κ3) is 3.83. The van der Waals surface area contributed by atoms with Gasteiger partial charge in [0.15, 0.2) is 0 Å². The standard InChI is InChI=1S/C14H26N2O3/c1-10(11-5-7-19-8-6-11)15-13(18)16-14(2,9-17)12-3-4-12/h10-12,17H,3-9H2,1-2H3,(H2,15,16,18). The van der Waals surface area contributed by atoms with Crippen molar-refractivity contribution in [3.8, 4) is 0 Å². The first-order chi connectivity index (χ1) is 9.05. The summed E-state index contributed by atoms with van der Waals surface area (Å²) in [5, 5.41) is 15.4. The molecule has 0 aromatic heterocycles. The van der Waals surface area contributed by atoms with E-state index in [0.29, 0.717) is 11.8 Å². The molecule has 1 saturated carbocycles. The number of nitrogens with one attached hydrogen (secondary N) is 2. The highest BCUT2D eigenvalue weighted by Gasteiger charge is 2.42. The highest BCUT2D eigenvalue weighted by molar-refractivity contribution is 5.75. The summed E-state index contributed by atoms with van der Waals surface area (Å²) in [6.07, 6.45) is 4.18. The second-order valence-corrected chi connectivity index (χ2v) is 6.19. The van der Waals surface area contributed by atoms with Crippen LogP contribution in [0.25, 0.3) is 0 Å². The molecule has 0 radical (unpaired) electrons. The van der Waals surface area contributed by atoms with Gasteiger partial charge in [-0.1, -0.05) is 0 Å². The largest absolute Gasteiger partial charge is 0.394 e. The summed E-state index contributed by atoms with van der Waals surface area (Å²) in [6.45, 7) is 5.53. The van der Waals surface area contributed by atoms with Crippen LogP contribution < -0.4 is 10.6 Å². The molecule has 1 aliphatic heterocycles. The Balaban J connectivity index is 1.79. The highest BCUT2D eigenvalue weighted by atomic mass is 16.5. The van der Waals surface area contributed by atoms with Crippen LogP contribution in [0.1, 0.15) is 39.5 Å². The fraction of sp³-hybridized carbons (Fsp3) is 0.929.